The Labute approximate surface area is 129 Å². The summed E-state index contributed by atoms with van der Waals surface area (Å²) < 4.78 is 0.733. The van der Waals surface area contributed by atoms with E-state index in [0.29, 0.717) is 16.2 Å². The van der Waals surface area contributed by atoms with Crippen molar-refractivity contribution in [2.75, 3.05) is 5.73 Å². The number of anilines is 1. The number of fused-ring (bicyclic) bond motifs is 1. The molecule has 0 radical (unpaired) electrons. The number of nitrogens with zero attached hydrogens (tertiary/aromatic N) is 2. The predicted molar refractivity (Wildman–Crippen MR) is 86.8 cm³/mol. The molecule has 3 nitrogen and oxygen atoms in total. The molecule has 0 amide bonds. The molecule has 0 saturated heterocycles. The number of hydrogen-bond acceptors (Lipinski definition) is 3. The lowest BCUT2D eigenvalue weighted by molar-refractivity contribution is 1.19. The molecular formula is C15H11BrClN3. The lowest BCUT2D eigenvalue weighted by Crippen LogP contribution is -1.97. The fourth-order valence-electron chi connectivity index (χ4n) is 2.10. The minimum Gasteiger partial charge on any atom is -0.397 e. The van der Waals surface area contributed by atoms with Gasteiger partial charge in [0.2, 0.25) is 0 Å². The van der Waals surface area contributed by atoms with Crippen LogP contribution < -0.4 is 5.73 Å². The third-order valence-corrected chi connectivity index (χ3v) is 4.15. The van der Waals surface area contributed by atoms with Gasteiger partial charge >= 0.3 is 0 Å². The summed E-state index contributed by atoms with van der Waals surface area (Å²) in [7, 11) is 0. The highest BCUT2D eigenvalue weighted by Crippen LogP contribution is 2.35. The Kier molecular flexibility index (Phi) is 3.36. The molecule has 0 saturated carbocycles. The first kappa shape index (κ1) is 13.3. The number of aromatic nitrogens is 2. The fraction of sp³-hybridized carbons (Fsp3) is 0.0667. The summed E-state index contributed by atoms with van der Waals surface area (Å²) in [4.78, 5) is 9.23. The summed E-state index contributed by atoms with van der Waals surface area (Å²) in [6.45, 7) is 1.94. The van der Waals surface area contributed by atoms with E-state index < -0.39 is 0 Å². The maximum atomic E-state index is 6.29. The normalized spacial score (nSPS) is 10.9. The number of aryl methyl sites for hydroxylation is 1. The zero-order chi connectivity index (χ0) is 14.3. The van der Waals surface area contributed by atoms with Gasteiger partial charge in [-0.15, -0.1) is 0 Å². The summed E-state index contributed by atoms with van der Waals surface area (Å²) in [6.07, 6.45) is 0. The molecule has 0 aliphatic carbocycles. The highest BCUT2D eigenvalue weighted by molar-refractivity contribution is 9.10. The van der Waals surface area contributed by atoms with Gasteiger partial charge in [0, 0.05) is 10.0 Å². The van der Waals surface area contributed by atoms with Crippen LogP contribution in [0.2, 0.25) is 5.02 Å². The van der Waals surface area contributed by atoms with Crippen molar-refractivity contribution in [3.05, 3.63) is 51.6 Å². The maximum absolute atomic E-state index is 6.29. The van der Waals surface area contributed by atoms with Gasteiger partial charge in [-0.2, -0.15) is 0 Å². The van der Waals surface area contributed by atoms with Gasteiger partial charge < -0.3 is 5.73 Å². The van der Waals surface area contributed by atoms with Crippen LogP contribution in [-0.2, 0) is 0 Å². The zero-order valence-corrected chi connectivity index (χ0v) is 13.0. The van der Waals surface area contributed by atoms with Crippen molar-refractivity contribution >= 4 is 44.3 Å². The molecule has 3 rings (SSSR count). The van der Waals surface area contributed by atoms with E-state index in [-0.39, 0.29) is 0 Å². The maximum Gasteiger partial charge on any atom is 0.110 e. The Hall–Kier alpha value is -1.65. The van der Waals surface area contributed by atoms with Crippen molar-refractivity contribution in [2.24, 2.45) is 0 Å². The number of nitrogens with two attached hydrogens (primary N) is 1. The van der Waals surface area contributed by atoms with Gasteiger partial charge in [0.1, 0.15) is 5.52 Å². The Morgan fingerprint density at radius 1 is 1.15 bits per heavy atom. The number of rotatable bonds is 1. The molecule has 20 heavy (non-hydrogen) atoms. The van der Waals surface area contributed by atoms with Crippen molar-refractivity contribution in [1.82, 2.24) is 9.97 Å². The van der Waals surface area contributed by atoms with Crippen molar-refractivity contribution < 1.29 is 0 Å². The first-order valence-electron chi connectivity index (χ1n) is 6.05. The van der Waals surface area contributed by atoms with E-state index in [0.717, 1.165) is 26.9 Å². The van der Waals surface area contributed by atoms with Crippen LogP contribution in [0.3, 0.4) is 0 Å². The third-order valence-electron chi connectivity index (χ3n) is 3.11. The molecule has 0 spiro atoms. The molecule has 5 heteroatoms. The lowest BCUT2D eigenvalue weighted by atomic mass is 10.1. The molecule has 3 aromatic rings. The molecule has 0 aliphatic heterocycles. The summed E-state index contributed by atoms with van der Waals surface area (Å²) in [6, 6.07) is 11.7. The Balaban J connectivity index is 2.34. The highest BCUT2D eigenvalue weighted by atomic mass is 79.9. The minimum atomic E-state index is 0.430. The number of halogens is 2. The largest absolute Gasteiger partial charge is 0.397 e. The number of nitrogen functional groups attached to an aromatic ring is 1. The van der Waals surface area contributed by atoms with Crippen LogP contribution in [0.15, 0.2) is 40.9 Å². The molecule has 0 atom stereocenters. The van der Waals surface area contributed by atoms with Gasteiger partial charge in [0.25, 0.3) is 0 Å². The first-order chi connectivity index (χ1) is 9.58. The van der Waals surface area contributed by atoms with Crippen LogP contribution in [0.1, 0.15) is 5.69 Å². The summed E-state index contributed by atoms with van der Waals surface area (Å²) in [5.41, 5.74) is 10.5. The van der Waals surface area contributed by atoms with E-state index in [1.807, 2.05) is 43.3 Å². The van der Waals surface area contributed by atoms with Gasteiger partial charge in [-0.3, -0.25) is 0 Å². The lowest BCUT2D eigenvalue weighted by Gasteiger charge is -2.10. The van der Waals surface area contributed by atoms with E-state index in [1.54, 1.807) is 0 Å². The fourth-order valence-corrected chi connectivity index (χ4v) is 2.87. The second-order valence-corrected chi connectivity index (χ2v) is 5.71. The second kappa shape index (κ2) is 5.04. The van der Waals surface area contributed by atoms with Gasteiger partial charge in [-0.25, -0.2) is 9.97 Å². The Morgan fingerprint density at radius 3 is 2.55 bits per heavy atom. The number of benzene rings is 2. The first-order valence-corrected chi connectivity index (χ1v) is 7.22. The van der Waals surface area contributed by atoms with Crippen molar-refractivity contribution in [3.8, 4) is 11.3 Å². The topological polar surface area (TPSA) is 51.8 Å². The quantitative estimate of drug-likeness (QED) is 0.654. The molecule has 0 unspecified atom stereocenters. The summed E-state index contributed by atoms with van der Waals surface area (Å²) in [5, 5.41) is 0.430. The summed E-state index contributed by atoms with van der Waals surface area (Å²) in [5.74, 6) is 0. The van der Waals surface area contributed by atoms with Gasteiger partial charge in [-0.05, 0) is 28.9 Å². The van der Waals surface area contributed by atoms with Gasteiger partial charge in [0.15, 0.2) is 0 Å². The Bertz CT molecular complexity index is 803. The molecule has 0 fully saturated rings. The van der Waals surface area contributed by atoms with Gasteiger partial charge in [0.05, 0.1) is 27.6 Å². The predicted octanol–water partition coefficient (Wildman–Crippen LogP) is 4.60. The van der Waals surface area contributed by atoms with Crippen LogP contribution in [0, 0.1) is 6.92 Å². The minimum absolute atomic E-state index is 0.430. The van der Waals surface area contributed by atoms with E-state index in [2.05, 4.69) is 25.9 Å². The van der Waals surface area contributed by atoms with Crippen LogP contribution in [0.25, 0.3) is 22.3 Å². The monoisotopic (exact) mass is 347 g/mol. The van der Waals surface area contributed by atoms with E-state index >= 15 is 0 Å². The second-order valence-electron chi connectivity index (χ2n) is 4.48. The van der Waals surface area contributed by atoms with Crippen LogP contribution in [-0.4, -0.2) is 9.97 Å². The smallest absolute Gasteiger partial charge is 0.110 e. The average Bonchev–Trinajstić information content (AvgIpc) is 2.45. The van der Waals surface area contributed by atoms with Crippen LogP contribution >= 0.6 is 27.5 Å². The molecule has 2 N–H and O–H groups in total. The molecule has 1 heterocycles. The summed E-state index contributed by atoms with van der Waals surface area (Å²) >= 11 is 9.66. The van der Waals surface area contributed by atoms with E-state index in [9.17, 15) is 0 Å². The number of hydrogen-bond donors (Lipinski definition) is 1. The van der Waals surface area contributed by atoms with Crippen molar-refractivity contribution in [1.29, 1.82) is 0 Å². The van der Waals surface area contributed by atoms with E-state index in [1.165, 1.54) is 0 Å². The molecule has 1 aromatic heterocycles. The van der Waals surface area contributed by atoms with Crippen LogP contribution in [0.5, 0.6) is 0 Å². The molecule has 0 aliphatic rings. The Morgan fingerprint density at radius 2 is 1.85 bits per heavy atom. The van der Waals surface area contributed by atoms with Crippen molar-refractivity contribution in [3.63, 3.8) is 0 Å². The highest BCUT2D eigenvalue weighted by Gasteiger charge is 2.13. The van der Waals surface area contributed by atoms with Gasteiger partial charge in [-0.1, -0.05) is 41.9 Å². The molecular weight excluding hydrogens is 338 g/mol. The van der Waals surface area contributed by atoms with Crippen LogP contribution in [0.4, 0.5) is 5.69 Å². The average molecular weight is 349 g/mol. The van der Waals surface area contributed by atoms with Crippen molar-refractivity contribution in [2.45, 2.75) is 6.92 Å². The zero-order valence-electron chi connectivity index (χ0n) is 10.7. The SMILES string of the molecule is Cc1nc2cc(Br)c(N)c(Cl)c2nc1-c1ccccc1. The molecule has 2 aromatic carbocycles. The van der Waals surface area contributed by atoms with E-state index in [4.69, 9.17) is 17.3 Å². The molecule has 100 valence electrons. The molecule has 0 bridgehead atoms. The third kappa shape index (κ3) is 2.15. The standard InChI is InChI=1S/C15H11BrClN3/c1-8-14(9-5-3-2-4-6-9)20-15-11(19-8)7-10(16)13(18)12(15)17/h2-7H,18H2,1H3.